The van der Waals surface area contributed by atoms with Crippen LogP contribution in [0.1, 0.15) is 32.6 Å². The molecule has 2 fully saturated rings. The Balaban J connectivity index is 1.91. The van der Waals surface area contributed by atoms with Gasteiger partial charge in [-0.15, -0.1) is 0 Å². The van der Waals surface area contributed by atoms with Gasteiger partial charge in [0.1, 0.15) is 0 Å². The minimum Gasteiger partial charge on any atom is -0.343 e. The van der Waals surface area contributed by atoms with Gasteiger partial charge in [-0.05, 0) is 18.3 Å². The molecule has 16 heavy (non-hydrogen) atoms. The van der Waals surface area contributed by atoms with Crippen molar-refractivity contribution in [3.8, 4) is 0 Å². The van der Waals surface area contributed by atoms with E-state index >= 15 is 0 Å². The number of amides is 1. The van der Waals surface area contributed by atoms with E-state index in [2.05, 4.69) is 14.1 Å². The summed E-state index contributed by atoms with van der Waals surface area (Å²) in [6.07, 6.45) is 5.16. The Hall–Kier alpha value is -0.570. The van der Waals surface area contributed by atoms with E-state index in [1.165, 1.54) is 43.3 Å². The lowest BCUT2D eigenvalue weighted by atomic mass is 9.71. The van der Waals surface area contributed by atoms with Crippen molar-refractivity contribution >= 4 is 5.91 Å². The summed E-state index contributed by atoms with van der Waals surface area (Å²) in [4.78, 5) is 13.3. The van der Waals surface area contributed by atoms with E-state index < -0.39 is 0 Å². The standard InChI is InChI=1S/C13H25N2O/c1-12(16)14-8-4-13(5-9-14)6-10-15(2,3)11-7-13/h4-11H2,1-3H3/q+1. The van der Waals surface area contributed by atoms with Gasteiger partial charge in [-0.1, -0.05) is 0 Å². The van der Waals surface area contributed by atoms with Crippen molar-refractivity contribution in [1.29, 1.82) is 0 Å². The highest BCUT2D eigenvalue weighted by molar-refractivity contribution is 5.73. The molecule has 3 heteroatoms. The topological polar surface area (TPSA) is 20.3 Å². The summed E-state index contributed by atoms with van der Waals surface area (Å²) in [5.41, 5.74) is 0.569. The second kappa shape index (κ2) is 4.02. The van der Waals surface area contributed by atoms with Gasteiger partial charge in [-0.25, -0.2) is 0 Å². The van der Waals surface area contributed by atoms with Gasteiger partial charge in [0.25, 0.3) is 0 Å². The first-order valence-corrected chi connectivity index (χ1v) is 6.50. The molecule has 0 radical (unpaired) electrons. The lowest BCUT2D eigenvalue weighted by Gasteiger charge is -2.48. The average molecular weight is 225 g/mol. The first-order chi connectivity index (χ1) is 7.43. The second-order valence-electron chi connectivity index (χ2n) is 6.39. The van der Waals surface area contributed by atoms with Crippen LogP contribution in [0.3, 0.4) is 0 Å². The van der Waals surface area contributed by atoms with Crippen LogP contribution in [0.4, 0.5) is 0 Å². The van der Waals surface area contributed by atoms with Crippen LogP contribution in [0, 0.1) is 5.41 Å². The first-order valence-electron chi connectivity index (χ1n) is 6.50. The van der Waals surface area contributed by atoms with Crippen molar-refractivity contribution in [2.24, 2.45) is 5.41 Å². The highest BCUT2D eigenvalue weighted by Crippen LogP contribution is 2.42. The Labute approximate surface area is 99.0 Å². The quantitative estimate of drug-likeness (QED) is 0.572. The third-order valence-electron chi connectivity index (χ3n) is 4.76. The SMILES string of the molecule is CC(=O)N1CCC2(CC1)CC[N+](C)(C)CC2. The molecule has 2 saturated heterocycles. The van der Waals surface area contributed by atoms with Crippen molar-refractivity contribution < 1.29 is 9.28 Å². The van der Waals surface area contributed by atoms with Gasteiger partial charge in [-0.3, -0.25) is 4.79 Å². The zero-order chi connectivity index (χ0) is 11.8. The van der Waals surface area contributed by atoms with E-state index in [-0.39, 0.29) is 5.91 Å². The smallest absolute Gasteiger partial charge is 0.219 e. The molecule has 2 heterocycles. The summed E-state index contributed by atoms with van der Waals surface area (Å²) < 4.78 is 1.18. The number of carbonyl (C=O) groups excluding carboxylic acids is 1. The molecule has 2 aliphatic heterocycles. The van der Waals surface area contributed by atoms with Crippen LogP contribution in [0.25, 0.3) is 0 Å². The summed E-state index contributed by atoms with van der Waals surface area (Å²) >= 11 is 0. The second-order valence-corrected chi connectivity index (χ2v) is 6.39. The van der Waals surface area contributed by atoms with Crippen LogP contribution in [0.15, 0.2) is 0 Å². The summed E-state index contributed by atoms with van der Waals surface area (Å²) in [5, 5.41) is 0. The van der Waals surface area contributed by atoms with Gasteiger partial charge < -0.3 is 9.38 Å². The van der Waals surface area contributed by atoms with Crippen LogP contribution in [-0.4, -0.2) is 55.6 Å². The van der Waals surface area contributed by atoms with Crippen molar-refractivity contribution in [3.05, 3.63) is 0 Å². The molecular formula is C13H25N2O+. The Morgan fingerprint density at radius 2 is 1.56 bits per heavy atom. The third-order valence-corrected chi connectivity index (χ3v) is 4.76. The molecule has 0 bridgehead atoms. The molecule has 0 aliphatic carbocycles. The number of nitrogens with zero attached hydrogens (tertiary/aromatic N) is 2. The van der Waals surface area contributed by atoms with Gasteiger partial charge in [0.15, 0.2) is 0 Å². The fourth-order valence-electron chi connectivity index (χ4n) is 3.11. The summed E-state index contributed by atoms with van der Waals surface area (Å²) in [6, 6.07) is 0. The Kier molecular flexibility index (Phi) is 2.99. The van der Waals surface area contributed by atoms with Crippen LogP contribution < -0.4 is 0 Å². The Morgan fingerprint density at radius 3 is 2.00 bits per heavy atom. The van der Waals surface area contributed by atoms with Gasteiger partial charge in [0.2, 0.25) is 5.91 Å². The number of piperidine rings is 2. The van der Waals surface area contributed by atoms with E-state index in [9.17, 15) is 4.79 Å². The number of hydrogen-bond acceptors (Lipinski definition) is 1. The third kappa shape index (κ3) is 2.40. The summed E-state index contributed by atoms with van der Waals surface area (Å²) in [7, 11) is 4.66. The van der Waals surface area contributed by atoms with Gasteiger partial charge in [0.05, 0.1) is 27.2 Å². The zero-order valence-electron chi connectivity index (χ0n) is 11.0. The predicted octanol–water partition coefficient (Wildman–Crippen LogP) is 1.49. The van der Waals surface area contributed by atoms with E-state index in [0.29, 0.717) is 5.41 Å². The van der Waals surface area contributed by atoms with Crippen LogP contribution in [-0.2, 0) is 4.79 Å². The maximum Gasteiger partial charge on any atom is 0.219 e. The Morgan fingerprint density at radius 1 is 1.06 bits per heavy atom. The fraction of sp³-hybridized carbons (Fsp3) is 0.923. The lowest BCUT2D eigenvalue weighted by Crippen LogP contribution is -2.53. The summed E-state index contributed by atoms with van der Waals surface area (Å²) in [5.74, 6) is 0.252. The molecule has 2 aliphatic rings. The fourth-order valence-corrected chi connectivity index (χ4v) is 3.11. The van der Waals surface area contributed by atoms with Gasteiger partial charge >= 0.3 is 0 Å². The summed E-state index contributed by atoms with van der Waals surface area (Å²) in [6.45, 7) is 6.28. The molecule has 0 aromatic heterocycles. The minimum absolute atomic E-state index is 0.252. The lowest BCUT2D eigenvalue weighted by molar-refractivity contribution is -0.897. The van der Waals surface area contributed by atoms with Crippen molar-refractivity contribution in [2.75, 3.05) is 40.3 Å². The number of carbonyl (C=O) groups is 1. The van der Waals surface area contributed by atoms with Gasteiger partial charge in [-0.2, -0.15) is 0 Å². The molecule has 0 unspecified atom stereocenters. The minimum atomic E-state index is 0.252. The number of likely N-dealkylation sites (tertiary alicyclic amines) is 2. The molecule has 92 valence electrons. The van der Waals surface area contributed by atoms with E-state index in [0.717, 1.165) is 13.1 Å². The molecule has 2 rings (SSSR count). The van der Waals surface area contributed by atoms with Crippen molar-refractivity contribution in [3.63, 3.8) is 0 Å². The monoisotopic (exact) mass is 225 g/mol. The van der Waals surface area contributed by atoms with Crippen LogP contribution >= 0.6 is 0 Å². The molecule has 0 aromatic carbocycles. The van der Waals surface area contributed by atoms with Gasteiger partial charge in [0, 0.05) is 32.9 Å². The van der Waals surface area contributed by atoms with E-state index in [4.69, 9.17) is 0 Å². The van der Waals surface area contributed by atoms with E-state index in [1.54, 1.807) is 6.92 Å². The molecule has 0 atom stereocenters. The molecule has 3 nitrogen and oxygen atoms in total. The molecule has 1 spiro atoms. The molecule has 0 saturated carbocycles. The first kappa shape index (κ1) is 11.9. The maximum absolute atomic E-state index is 11.3. The highest BCUT2D eigenvalue weighted by Gasteiger charge is 2.41. The average Bonchev–Trinajstić information content (AvgIpc) is 2.24. The highest BCUT2D eigenvalue weighted by atomic mass is 16.2. The molecule has 0 N–H and O–H groups in total. The number of quaternary nitrogens is 1. The number of rotatable bonds is 0. The molecule has 0 aromatic rings. The van der Waals surface area contributed by atoms with E-state index in [1.807, 2.05) is 4.90 Å². The zero-order valence-corrected chi connectivity index (χ0v) is 11.0. The van der Waals surface area contributed by atoms with Crippen molar-refractivity contribution in [1.82, 2.24) is 4.90 Å². The van der Waals surface area contributed by atoms with Crippen LogP contribution in [0.2, 0.25) is 0 Å². The predicted molar refractivity (Wildman–Crippen MR) is 65.0 cm³/mol. The normalized spacial score (nSPS) is 28.1. The van der Waals surface area contributed by atoms with Crippen LogP contribution in [0.5, 0.6) is 0 Å². The number of hydrogen-bond donors (Lipinski definition) is 0. The molecular weight excluding hydrogens is 200 g/mol. The molecule has 1 amide bonds. The maximum atomic E-state index is 11.3. The Bertz CT molecular complexity index is 266. The largest absolute Gasteiger partial charge is 0.343 e. The van der Waals surface area contributed by atoms with Crippen molar-refractivity contribution in [2.45, 2.75) is 32.6 Å².